The number of carbonyl (C=O) groups excluding carboxylic acids is 2. The van der Waals surface area contributed by atoms with Crippen molar-refractivity contribution in [2.24, 2.45) is 5.10 Å². The van der Waals surface area contributed by atoms with Crippen LogP contribution in [0.5, 0.6) is 5.75 Å². The molecule has 0 saturated carbocycles. The lowest BCUT2D eigenvalue weighted by Gasteiger charge is -2.17. The molecule has 0 bridgehead atoms. The fraction of sp³-hybridized carbons (Fsp3) is 0.471. The summed E-state index contributed by atoms with van der Waals surface area (Å²) in [4.78, 5) is 24.0. The molecule has 1 N–H and O–H groups in total. The first-order chi connectivity index (χ1) is 11.0. The van der Waals surface area contributed by atoms with Gasteiger partial charge in [-0.15, -0.1) is 5.01 Å². The molecule has 0 aromatic heterocycles. The number of carbonyl (C=O) groups is 2. The van der Waals surface area contributed by atoms with Crippen LogP contribution in [0.1, 0.15) is 45.6 Å². The van der Waals surface area contributed by atoms with Gasteiger partial charge in [-0.25, -0.2) is 4.79 Å². The summed E-state index contributed by atoms with van der Waals surface area (Å²) in [6.45, 7) is 6.36. The van der Waals surface area contributed by atoms with E-state index in [0.717, 1.165) is 29.2 Å². The first-order valence-electron chi connectivity index (χ1n) is 7.93. The summed E-state index contributed by atoms with van der Waals surface area (Å²) < 4.78 is 5.58. The summed E-state index contributed by atoms with van der Waals surface area (Å²) in [5, 5.41) is 7.55. The summed E-state index contributed by atoms with van der Waals surface area (Å²) >= 11 is 0. The van der Waals surface area contributed by atoms with Gasteiger partial charge in [0.15, 0.2) is 0 Å². The quantitative estimate of drug-likeness (QED) is 0.477. The second-order valence-corrected chi connectivity index (χ2v) is 5.75. The van der Waals surface area contributed by atoms with Crippen LogP contribution in [-0.4, -0.2) is 35.3 Å². The second kappa shape index (κ2) is 7.26. The predicted molar refractivity (Wildman–Crippen MR) is 88.5 cm³/mol. The number of nitrogens with zero attached hydrogens (tertiary/aromatic N) is 2. The van der Waals surface area contributed by atoms with Crippen molar-refractivity contribution in [3.8, 4) is 5.75 Å². The van der Waals surface area contributed by atoms with E-state index in [4.69, 9.17) is 4.74 Å². The molecule has 2 rings (SSSR count). The molecule has 6 nitrogen and oxygen atoms in total. The van der Waals surface area contributed by atoms with Crippen molar-refractivity contribution in [2.75, 3.05) is 6.61 Å². The fourth-order valence-electron chi connectivity index (χ4n) is 2.12. The number of imide groups is 1. The Balaban J connectivity index is 2.00. The molecule has 3 amide bonds. The zero-order chi connectivity index (χ0) is 16.9. The van der Waals surface area contributed by atoms with E-state index in [-0.39, 0.29) is 5.91 Å². The molecule has 1 heterocycles. The van der Waals surface area contributed by atoms with Crippen LogP contribution >= 0.6 is 0 Å². The second-order valence-electron chi connectivity index (χ2n) is 5.75. The SMILES string of the molecule is CCCCOc1ccc(/C=N/N2C(=O)NC(C)(CC)C2=O)cc1. The van der Waals surface area contributed by atoms with Crippen molar-refractivity contribution >= 4 is 18.2 Å². The Morgan fingerprint density at radius 2 is 1.96 bits per heavy atom. The standard InChI is InChI=1S/C17H23N3O3/c1-4-6-11-23-14-9-7-13(8-10-14)12-18-20-15(21)17(3,5-2)19-16(20)22/h7-10,12H,4-6,11H2,1-3H3,(H,19,22)/b18-12+. The highest BCUT2D eigenvalue weighted by Crippen LogP contribution is 2.21. The van der Waals surface area contributed by atoms with Crippen molar-refractivity contribution < 1.29 is 14.3 Å². The minimum absolute atomic E-state index is 0.333. The highest BCUT2D eigenvalue weighted by molar-refractivity contribution is 6.07. The number of nitrogens with one attached hydrogen (secondary N) is 1. The number of ether oxygens (including phenoxy) is 1. The van der Waals surface area contributed by atoms with Crippen molar-refractivity contribution in [3.05, 3.63) is 29.8 Å². The third kappa shape index (κ3) is 3.88. The Labute approximate surface area is 136 Å². The summed E-state index contributed by atoms with van der Waals surface area (Å²) in [5.41, 5.74) is -0.0793. The van der Waals surface area contributed by atoms with Gasteiger partial charge in [-0.3, -0.25) is 4.79 Å². The molecule has 124 valence electrons. The van der Waals surface area contributed by atoms with E-state index in [1.807, 2.05) is 31.2 Å². The number of urea groups is 1. The monoisotopic (exact) mass is 317 g/mol. The van der Waals surface area contributed by atoms with E-state index in [1.54, 1.807) is 6.92 Å². The minimum atomic E-state index is -0.870. The summed E-state index contributed by atoms with van der Waals surface area (Å²) in [5.74, 6) is 0.463. The molecule has 1 atom stereocenters. The van der Waals surface area contributed by atoms with E-state index >= 15 is 0 Å². The number of amides is 3. The molecule has 0 radical (unpaired) electrons. The molecule has 1 unspecified atom stereocenters. The highest BCUT2D eigenvalue weighted by Gasteiger charge is 2.46. The minimum Gasteiger partial charge on any atom is -0.494 e. The maximum atomic E-state index is 12.2. The van der Waals surface area contributed by atoms with Gasteiger partial charge in [0.05, 0.1) is 12.8 Å². The van der Waals surface area contributed by atoms with Crippen LogP contribution in [0.2, 0.25) is 0 Å². The molecule has 0 aliphatic carbocycles. The van der Waals surface area contributed by atoms with Crippen LogP contribution in [0, 0.1) is 0 Å². The van der Waals surface area contributed by atoms with E-state index in [2.05, 4.69) is 17.3 Å². The summed E-state index contributed by atoms with van der Waals surface area (Å²) in [6.07, 6.45) is 4.13. The maximum absolute atomic E-state index is 12.2. The number of unbranched alkanes of at least 4 members (excludes halogenated alkanes) is 1. The van der Waals surface area contributed by atoms with Crippen molar-refractivity contribution in [1.29, 1.82) is 0 Å². The maximum Gasteiger partial charge on any atom is 0.346 e. The highest BCUT2D eigenvalue weighted by atomic mass is 16.5. The lowest BCUT2D eigenvalue weighted by Crippen LogP contribution is -2.42. The number of hydrogen-bond donors (Lipinski definition) is 1. The van der Waals surface area contributed by atoms with Crippen LogP contribution in [0.25, 0.3) is 0 Å². The molecule has 1 aromatic carbocycles. The Morgan fingerprint density at radius 1 is 1.26 bits per heavy atom. The van der Waals surface area contributed by atoms with Gasteiger partial charge in [0.2, 0.25) is 0 Å². The van der Waals surface area contributed by atoms with E-state index in [0.29, 0.717) is 13.0 Å². The van der Waals surface area contributed by atoms with Crippen LogP contribution in [0.3, 0.4) is 0 Å². The van der Waals surface area contributed by atoms with Crippen LogP contribution in [0.15, 0.2) is 29.4 Å². The number of benzene rings is 1. The molecule has 1 saturated heterocycles. The van der Waals surface area contributed by atoms with Gasteiger partial charge >= 0.3 is 6.03 Å². The van der Waals surface area contributed by atoms with E-state index in [9.17, 15) is 9.59 Å². The fourth-order valence-corrected chi connectivity index (χ4v) is 2.12. The summed E-state index contributed by atoms with van der Waals surface area (Å²) in [6, 6.07) is 6.87. The third-order valence-electron chi connectivity index (χ3n) is 3.92. The van der Waals surface area contributed by atoms with Gasteiger partial charge in [-0.05, 0) is 49.6 Å². The van der Waals surface area contributed by atoms with Crippen molar-refractivity contribution in [2.45, 2.75) is 45.6 Å². The largest absolute Gasteiger partial charge is 0.494 e. The van der Waals surface area contributed by atoms with Gasteiger partial charge in [0.1, 0.15) is 11.3 Å². The van der Waals surface area contributed by atoms with Crippen molar-refractivity contribution in [3.63, 3.8) is 0 Å². The molecule has 1 aromatic rings. The lowest BCUT2D eigenvalue weighted by atomic mass is 10.00. The average Bonchev–Trinajstić information content (AvgIpc) is 2.77. The van der Waals surface area contributed by atoms with E-state index < -0.39 is 11.6 Å². The zero-order valence-corrected chi connectivity index (χ0v) is 13.8. The number of hydrazone groups is 1. The van der Waals surface area contributed by atoms with Gasteiger partial charge < -0.3 is 10.1 Å². The Kier molecular flexibility index (Phi) is 5.36. The zero-order valence-electron chi connectivity index (χ0n) is 13.8. The first kappa shape index (κ1) is 17.0. The van der Waals surface area contributed by atoms with Crippen LogP contribution < -0.4 is 10.1 Å². The van der Waals surface area contributed by atoms with Crippen molar-refractivity contribution in [1.82, 2.24) is 10.3 Å². The predicted octanol–water partition coefficient (Wildman–Crippen LogP) is 2.92. The van der Waals surface area contributed by atoms with Gasteiger partial charge in [0, 0.05) is 0 Å². The Hall–Kier alpha value is -2.37. The number of rotatable bonds is 7. The normalized spacial score (nSPS) is 21.1. The van der Waals surface area contributed by atoms with Crippen LogP contribution in [0.4, 0.5) is 4.79 Å². The average molecular weight is 317 g/mol. The molecular weight excluding hydrogens is 294 g/mol. The molecule has 6 heteroatoms. The smallest absolute Gasteiger partial charge is 0.346 e. The molecule has 1 fully saturated rings. The molecular formula is C17H23N3O3. The third-order valence-corrected chi connectivity index (χ3v) is 3.92. The first-order valence-corrected chi connectivity index (χ1v) is 7.93. The van der Waals surface area contributed by atoms with Gasteiger partial charge in [-0.1, -0.05) is 20.3 Å². The Morgan fingerprint density at radius 3 is 2.52 bits per heavy atom. The molecule has 1 aliphatic heterocycles. The Bertz CT molecular complexity index is 598. The molecule has 23 heavy (non-hydrogen) atoms. The van der Waals surface area contributed by atoms with E-state index in [1.165, 1.54) is 6.21 Å². The van der Waals surface area contributed by atoms with Crippen LogP contribution in [-0.2, 0) is 4.79 Å². The van der Waals surface area contributed by atoms with Gasteiger partial charge in [0.25, 0.3) is 5.91 Å². The molecule has 0 spiro atoms. The molecule has 1 aliphatic rings. The summed E-state index contributed by atoms with van der Waals surface area (Å²) in [7, 11) is 0. The topological polar surface area (TPSA) is 71.0 Å². The van der Waals surface area contributed by atoms with Gasteiger partial charge in [-0.2, -0.15) is 5.10 Å². The lowest BCUT2D eigenvalue weighted by molar-refractivity contribution is -0.130. The number of hydrogen-bond acceptors (Lipinski definition) is 4.